The summed E-state index contributed by atoms with van der Waals surface area (Å²) in [6.07, 6.45) is 6.02. The molecule has 6 heteroatoms. The minimum Gasteiger partial charge on any atom is -0.478 e. The van der Waals surface area contributed by atoms with E-state index >= 15 is 0 Å². The fourth-order valence-electron chi connectivity index (χ4n) is 1.13. The molecule has 2 N–H and O–H groups in total. The summed E-state index contributed by atoms with van der Waals surface area (Å²) in [5.74, 6) is -0.0671. The Morgan fingerprint density at radius 2 is 2.00 bits per heavy atom. The normalized spacial score (nSPS) is 9.75. The number of pyridine rings is 1. The number of nitrogens with zero attached hydrogens (tertiary/aromatic N) is 3. The van der Waals surface area contributed by atoms with Gasteiger partial charge in [-0.25, -0.2) is 14.8 Å². The van der Waals surface area contributed by atoms with Crippen molar-refractivity contribution in [2.75, 3.05) is 5.32 Å². The highest BCUT2D eigenvalue weighted by Gasteiger charge is 2.04. The van der Waals surface area contributed by atoms with Crippen LogP contribution in [-0.4, -0.2) is 26.0 Å². The number of carboxylic acids is 1. The van der Waals surface area contributed by atoms with Gasteiger partial charge in [0.2, 0.25) is 0 Å². The zero-order valence-corrected chi connectivity index (χ0v) is 8.16. The van der Waals surface area contributed by atoms with Gasteiger partial charge in [-0.2, -0.15) is 0 Å². The van der Waals surface area contributed by atoms with Crippen LogP contribution in [0.3, 0.4) is 0 Å². The predicted molar refractivity (Wildman–Crippen MR) is 56.5 cm³/mol. The Labute approximate surface area is 91.0 Å². The minimum atomic E-state index is -0.996. The summed E-state index contributed by atoms with van der Waals surface area (Å²) in [5, 5.41) is 11.6. The number of hydrogen-bond acceptors (Lipinski definition) is 5. The minimum absolute atomic E-state index is 0.168. The second kappa shape index (κ2) is 4.35. The zero-order chi connectivity index (χ0) is 11.4. The lowest BCUT2D eigenvalue weighted by Gasteiger charge is -2.03. The highest BCUT2D eigenvalue weighted by atomic mass is 16.4. The van der Waals surface area contributed by atoms with Crippen molar-refractivity contribution in [3.8, 4) is 0 Å². The van der Waals surface area contributed by atoms with E-state index in [9.17, 15) is 4.79 Å². The number of nitrogens with one attached hydrogen (secondary N) is 1. The van der Waals surface area contributed by atoms with Crippen molar-refractivity contribution in [3.05, 3.63) is 42.5 Å². The van der Waals surface area contributed by atoms with Crippen molar-refractivity contribution < 1.29 is 9.90 Å². The molecule has 0 aliphatic rings. The molecule has 2 rings (SSSR count). The third-order valence-corrected chi connectivity index (χ3v) is 1.83. The Hall–Kier alpha value is -2.50. The first-order valence-electron chi connectivity index (χ1n) is 4.48. The quantitative estimate of drug-likeness (QED) is 0.804. The zero-order valence-electron chi connectivity index (χ0n) is 8.16. The van der Waals surface area contributed by atoms with Gasteiger partial charge >= 0.3 is 5.97 Å². The molecule has 80 valence electrons. The van der Waals surface area contributed by atoms with Crippen molar-refractivity contribution in [3.63, 3.8) is 0 Å². The summed E-state index contributed by atoms with van der Waals surface area (Å²) in [6, 6.07) is 2.85. The van der Waals surface area contributed by atoms with Gasteiger partial charge in [0.05, 0.1) is 11.8 Å². The SMILES string of the molecule is O=C(O)c1ccnc(Nc2cnccn2)c1. The fourth-order valence-corrected chi connectivity index (χ4v) is 1.13. The molecule has 0 aliphatic carbocycles. The molecule has 6 nitrogen and oxygen atoms in total. The van der Waals surface area contributed by atoms with E-state index in [1.54, 1.807) is 6.20 Å². The van der Waals surface area contributed by atoms with Crippen LogP contribution in [-0.2, 0) is 0 Å². The van der Waals surface area contributed by atoms with Crippen LogP contribution >= 0.6 is 0 Å². The van der Waals surface area contributed by atoms with Gasteiger partial charge in [-0.1, -0.05) is 0 Å². The van der Waals surface area contributed by atoms with Crippen LogP contribution in [0.1, 0.15) is 10.4 Å². The molecule has 2 heterocycles. The van der Waals surface area contributed by atoms with Crippen LogP contribution in [0.5, 0.6) is 0 Å². The fraction of sp³-hybridized carbons (Fsp3) is 0. The first-order valence-corrected chi connectivity index (χ1v) is 4.48. The average molecular weight is 216 g/mol. The Bertz CT molecular complexity index is 501. The van der Waals surface area contributed by atoms with Gasteiger partial charge in [0.15, 0.2) is 0 Å². The molecule has 0 saturated carbocycles. The molecule has 0 amide bonds. The predicted octanol–water partition coefficient (Wildman–Crippen LogP) is 1.31. The van der Waals surface area contributed by atoms with E-state index in [-0.39, 0.29) is 5.56 Å². The van der Waals surface area contributed by atoms with Crippen molar-refractivity contribution in [2.24, 2.45) is 0 Å². The summed E-state index contributed by atoms with van der Waals surface area (Å²) < 4.78 is 0. The van der Waals surface area contributed by atoms with Crippen molar-refractivity contribution in [1.82, 2.24) is 15.0 Å². The number of carboxylic acid groups (broad SMARTS) is 1. The molecule has 0 radical (unpaired) electrons. The molecule has 2 aromatic heterocycles. The topological polar surface area (TPSA) is 88.0 Å². The monoisotopic (exact) mass is 216 g/mol. The number of carbonyl (C=O) groups is 1. The van der Waals surface area contributed by atoms with Crippen molar-refractivity contribution >= 4 is 17.6 Å². The number of aromatic nitrogens is 3. The summed E-state index contributed by atoms with van der Waals surface area (Å²) in [6.45, 7) is 0. The lowest BCUT2D eigenvalue weighted by Crippen LogP contribution is -2.00. The van der Waals surface area contributed by atoms with Gasteiger partial charge in [0.25, 0.3) is 0 Å². The second-order valence-corrected chi connectivity index (χ2v) is 2.95. The lowest BCUT2D eigenvalue weighted by molar-refractivity contribution is 0.0697. The highest BCUT2D eigenvalue weighted by Crippen LogP contribution is 2.11. The molecule has 0 fully saturated rings. The molecule has 0 aliphatic heterocycles. The molecule has 16 heavy (non-hydrogen) atoms. The molecule has 0 bridgehead atoms. The summed E-state index contributed by atoms with van der Waals surface area (Å²) >= 11 is 0. The molecule has 0 spiro atoms. The number of anilines is 2. The van der Waals surface area contributed by atoms with Gasteiger partial charge in [0.1, 0.15) is 11.6 Å². The Morgan fingerprint density at radius 1 is 1.19 bits per heavy atom. The Morgan fingerprint density at radius 3 is 2.69 bits per heavy atom. The van der Waals surface area contributed by atoms with E-state index in [0.717, 1.165) is 0 Å². The van der Waals surface area contributed by atoms with Crippen LogP contribution in [0.25, 0.3) is 0 Å². The molecule has 0 unspecified atom stereocenters. The third kappa shape index (κ3) is 2.30. The molecular weight excluding hydrogens is 208 g/mol. The van der Waals surface area contributed by atoms with E-state index in [2.05, 4.69) is 20.3 Å². The molecule has 0 atom stereocenters. The first-order chi connectivity index (χ1) is 7.75. The number of aromatic carboxylic acids is 1. The molecule has 0 saturated heterocycles. The van der Waals surface area contributed by atoms with Crippen molar-refractivity contribution in [1.29, 1.82) is 0 Å². The maximum atomic E-state index is 10.7. The highest BCUT2D eigenvalue weighted by molar-refractivity contribution is 5.88. The number of rotatable bonds is 3. The lowest BCUT2D eigenvalue weighted by atomic mass is 10.2. The van der Waals surface area contributed by atoms with E-state index in [1.807, 2.05) is 0 Å². The Balaban J connectivity index is 2.22. The van der Waals surface area contributed by atoms with Crippen LogP contribution in [0.4, 0.5) is 11.6 Å². The van der Waals surface area contributed by atoms with E-state index in [1.165, 1.54) is 30.7 Å². The van der Waals surface area contributed by atoms with E-state index < -0.39 is 5.97 Å². The average Bonchev–Trinajstić information content (AvgIpc) is 2.30. The summed E-state index contributed by atoms with van der Waals surface area (Å²) in [4.78, 5) is 22.6. The smallest absolute Gasteiger partial charge is 0.335 e. The molecule has 0 aromatic carbocycles. The Kier molecular flexibility index (Phi) is 2.73. The largest absolute Gasteiger partial charge is 0.478 e. The molecular formula is C10H8N4O2. The van der Waals surface area contributed by atoms with Gasteiger partial charge in [-0.05, 0) is 12.1 Å². The first kappa shape index (κ1) is 10.0. The van der Waals surface area contributed by atoms with Gasteiger partial charge in [0, 0.05) is 18.6 Å². The van der Waals surface area contributed by atoms with E-state index in [0.29, 0.717) is 11.6 Å². The van der Waals surface area contributed by atoms with Crippen molar-refractivity contribution in [2.45, 2.75) is 0 Å². The third-order valence-electron chi connectivity index (χ3n) is 1.83. The second-order valence-electron chi connectivity index (χ2n) is 2.95. The standard InChI is InChI=1S/C10H8N4O2/c15-10(16)7-1-2-12-8(5-7)14-9-6-11-3-4-13-9/h1-6H,(H,15,16)(H,12,13,14). The van der Waals surface area contributed by atoms with Crippen LogP contribution in [0, 0.1) is 0 Å². The van der Waals surface area contributed by atoms with E-state index in [4.69, 9.17) is 5.11 Å². The van der Waals surface area contributed by atoms with Gasteiger partial charge in [-0.15, -0.1) is 0 Å². The maximum absolute atomic E-state index is 10.7. The summed E-state index contributed by atoms with van der Waals surface area (Å²) in [7, 11) is 0. The van der Waals surface area contributed by atoms with Gasteiger partial charge < -0.3 is 10.4 Å². The molecule has 2 aromatic rings. The van der Waals surface area contributed by atoms with Crippen LogP contribution < -0.4 is 5.32 Å². The van der Waals surface area contributed by atoms with Crippen LogP contribution in [0.15, 0.2) is 36.9 Å². The maximum Gasteiger partial charge on any atom is 0.335 e. The summed E-state index contributed by atoms with van der Waals surface area (Å²) in [5.41, 5.74) is 0.168. The van der Waals surface area contributed by atoms with Crippen LogP contribution in [0.2, 0.25) is 0 Å². The number of hydrogen-bond donors (Lipinski definition) is 2. The van der Waals surface area contributed by atoms with Gasteiger partial charge in [-0.3, -0.25) is 4.98 Å².